The van der Waals surface area contributed by atoms with Crippen LogP contribution in [0, 0.1) is 5.92 Å². The number of hydrogen-bond acceptors (Lipinski definition) is 7. The van der Waals surface area contributed by atoms with Crippen molar-refractivity contribution in [2.45, 2.75) is 24.3 Å². The minimum Gasteiger partial charge on any atom is -0.468 e. The van der Waals surface area contributed by atoms with Crippen LogP contribution in [0.4, 0.5) is 0 Å². The van der Waals surface area contributed by atoms with Crippen LogP contribution in [-0.4, -0.2) is 69.3 Å². The number of carbonyl (C=O) groups excluding carboxylic acids is 3. The molecule has 1 saturated heterocycles. The van der Waals surface area contributed by atoms with Gasteiger partial charge in [-0.05, 0) is 30.5 Å². The fourth-order valence-corrected chi connectivity index (χ4v) is 5.60. The summed E-state index contributed by atoms with van der Waals surface area (Å²) < 4.78 is 37.2. The quantitative estimate of drug-likeness (QED) is 0.523. The topological polar surface area (TPSA) is 110 Å². The van der Waals surface area contributed by atoms with E-state index in [4.69, 9.17) is 9.47 Å². The van der Waals surface area contributed by atoms with E-state index in [0.717, 1.165) is 5.56 Å². The monoisotopic (exact) mass is 488 g/mol. The minimum absolute atomic E-state index is 0.0321. The molecule has 1 heterocycles. The fraction of sp³-hybridized carbons (Fsp3) is 0.375. The number of esters is 2. The predicted molar refractivity (Wildman–Crippen MR) is 123 cm³/mol. The highest BCUT2D eigenvalue weighted by Gasteiger charge is 2.36. The number of rotatable bonds is 8. The maximum Gasteiger partial charge on any atom is 0.339 e. The number of nitrogens with zero attached hydrogens (tertiary/aromatic N) is 2. The van der Waals surface area contributed by atoms with Crippen LogP contribution < -0.4 is 0 Å². The number of carbonyl (C=O) groups is 3. The van der Waals surface area contributed by atoms with Crippen molar-refractivity contribution in [3.05, 3.63) is 65.7 Å². The predicted octanol–water partition coefficient (Wildman–Crippen LogP) is 2.08. The van der Waals surface area contributed by atoms with Crippen molar-refractivity contribution in [3.8, 4) is 0 Å². The third-order valence-corrected chi connectivity index (χ3v) is 7.75. The van der Waals surface area contributed by atoms with Crippen LogP contribution in [0.15, 0.2) is 59.5 Å². The van der Waals surface area contributed by atoms with Gasteiger partial charge < -0.3 is 14.4 Å². The Labute approximate surface area is 199 Å². The van der Waals surface area contributed by atoms with Gasteiger partial charge in [0.05, 0.1) is 24.7 Å². The average molecular weight is 489 g/mol. The summed E-state index contributed by atoms with van der Waals surface area (Å²) in [4.78, 5) is 38.5. The van der Waals surface area contributed by atoms with Crippen molar-refractivity contribution in [1.29, 1.82) is 0 Å². The Hall–Kier alpha value is -3.24. The van der Waals surface area contributed by atoms with Gasteiger partial charge >= 0.3 is 11.9 Å². The molecule has 0 bridgehead atoms. The molecule has 0 aromatic heterocycles. The molecular weight excluding hydrogens is 460 g/mol. The summed E-state index contributed by atoms with van der Waals surface area (Å²) in [5, 5.41) is 0. The zero-order valence-corrected chi connectivity index (χ0v) is 20.0. The summed E-state index contributed by atoms with van der Waals surface area (Å²) in [7, 11) is -1.50. The van der Waals surface area contributed by atoms with Gasteiger partial charge in [-0.3, -0.25) is 9.59 Å². The zero-order valence-electron chi connectivity index (χ0n) is 19.2. The zero-order chi connectivity index (χ0) is 24.7. The molecule has 182 valence electrons. The molecule has 0 unspecified atom stereocenters. The molecule has 2 aromatic rings. The number of methoxy groups -OCH3 is 2. The molecule has 34 heavy (non-hydrogen) atoms. The van der Waals surface area contributed by atoms with E-state index in [1.807, 2.05) is 30.3 Å². The molecule has 9 nitrogen and oxygen atoms in total. The van der Waals surface area contributed by atoms with E-state index in [-0.39, 0.29) is 42.5 Å². The third kappa shape index (κ3) is 5.81. The van der Waals surface area contributed by atoms with Gasteiger partial charge in [-0.2, -0.15) is 4.31 Å². The minimum atomic E-state index is -3.96. The Balaban J connectivity index is 1.73. The summed E-state index contributed by atoms with van der Waals surface area (Å²) >= 11 is 0. The normalized spacial score (nSPS) is 14.9. The van der Waals surface area contributed by atoms with E-state index in [1.54, 1.807) is 12.1 Å². The maximum absolute atomic E-state index is 13.3. The van der Waals surface area contributed by atoms with Crippen molar-refractivity contribution >= 4 is 27.9 Å². The van der Waals surface area contributed by atoms with E-state index >= 15 is 0 Å². The Kier molecular flexibility index (Phi) is 8.41. The Morgan fingerprint density at radius 3 is 2.18 bits per heavy atom. The van der Waals surface area contributed by atoms with Crippen LogP contribution >= 0.6 is 0 Å². The molecule has 1 aliphatic rings. The summed E-state index contributed by atoms with van der Waals surface area (Å²) in [6, 6.07) is 15.2. The summed E-state index contributed by atoms with van der Waals surface area (Å²) in [5.74, 6) is -1.91. The van der Waals surface area contributed by atoms with Crippen LogP contribution in [0.1, 0.15) is 28.8 Å². The molecule has 0 radical (unpaired) electrons. The molecule has 0 aliphatic carbocycles. The largest absolute Gasteiger partial charge is 0.468 e. The molecule has 0 saturated carbocycles. The smallest absolute Gasteiger partial charge is 0.339 e. The maximum atomic E-state index is 13.3. The van der Waals surface area contributed by atoms with Crippen LogP contribution in [0.25, 0.3) is 0 Å². The molecule has 1 amide bonds. The molecule has 0 N–H and O–H groups in total. The second-order valence-corrected chi connectivity index (χ2v) is 9.83. The van der Waals surface area contributed by atoms with E-state index in [0.29, 0.717) is 12.8 Å². The SMILES string of the molecule is COC(=O)CN(Cc1ccccc1)C(=O)C1CCN(S(=O)(=O)c2ccccc2C(=O)OC)CC1. The van der Waals surface area contributed by atoms with Crippen molar-refractivity contribution in [1.82, 2.24) is 9.21 Å². The first kappa shape index (κ1) is 25.4. The molecule has 2 aromatic carbocycles. The molecular formula is C24H28N2O7S. The second-order valence-electron chi connectivity index (χ2n) is 7.92. The van der Waals surface area contributed by atoms with Crippen LogP contribution in [0.3, 0.4) is 0 Å². The lowest BCUT2D eigenvalue weighted by molar-refractivity contribution is -0.149. The molecule has 0 spiro atoms. The van der Waals surface area contributed by atoms with Crippen LogP contribution in [0.5, 0.6) is 0 Å². The van der Waals surface area contributed by atoms with E-state index in [1.165, 1.54) is 35.6 Å². The first-order chi connectivity index (χ1) is 16.3. The Bertz CT molecular complexity index is 1130. The van der Waals surface area contributed by atoms with Gasteiger partial charge in [-0.25, -0.2) is 13.2 Å². The van der Waals surface area contributed by atoms with Crippen molar-refractivity contribution < 1.29 is 32.3 Å². The lowest BCUT2D eigenvalue weighted by atomic mass is 9.96. The van der Waals surface area contributed by atoms with Gasteiger partial charge in [0.25, 0.3) is 0 Å². The van der Waals surface area contributed by atoms with Crippen LogP contribution in [0.2, 0.25) is 0 Å². The Morgan fingerprint density at radius 1 is 0.941 bits per heavy atom. The Morgan fingerprint density at radius 2 is 1.56 bits per heavy atom. The lowest BCUT2D eigenvalue weighted by Gasteiger charge is -2.33. The van der Waals surface area contributed by atoms with Gasteiger partial charge in [0, 0.05) is 25.6 Å². The van der Waals surface area contributed by atoms with Gasteiger partial charge in [-0.1, -0.05) is 42.5 Å². The number of ether oxygens (including phenoxy) is 2. The highest BCUT2D eigenvalue weighted by molar-refractivity contribution is 7.89. The van der Waals surface area contributed by atoms with Gasteiger partial charge in [0.15, 0.2) is 0 Å². The number of piperidine rings is 1. The van der Waals surface area contributed by atoms with Gasteiger partial charge in [-0.15, -0.1) is 0 Å². The number of amides is 1. The first-order valence-electron chi connectivity index (χ1n) is 10.8. The number of hydrogen-bond donors (Lipinski definition) is 0. The fourth-order valence-electron chi connectivity index (χ4n) is 3.95. The van der Waals surface area contributed by atoms with E-state index in [9.17, 15) is 22.8 Å². The first-order valence-corrected chi connectivity index (χ1v) is 12.3. The number of benzene rings is 2. The van der Waals surface area contributed by atoms with Crippen LogP contribution in [-0.2, 0) is 35.6 Å². The van der Waals surface area contributed by atoms with Crippen molar-refractivity contribution in [3.63, 3.8) is 0 Å². The molecule has 1 fully saturated rings. The third-order valence-electron chi connectivity index (χ3n) is 5.79. The lowest BCUT2D eigenvalue weighted by Crippen LogP contribution is -2.45. The molecule has 10 heteroatoms. The summed E-state index contributed by atoms with van der Waals surface area (Å²) in [6.45, 7) is 0.298. The highest BCUT2D eigenvalue weighted by Crippen LogP contribution is 2.27. The molecule has 1 aliphatic heterocycles. The standard InChI is InChI=1S/C24H28N2O7S/c1-32-22(27)17-25(16-18-8-4-3-5-9-18)23(28)19-12-14-26(15-13-19)34(30,31)21-11-7-6-10-20(21)24(29)33-2/h3-11,19H,12-17H2,1-2H3. The average Bonchev–Trinajstić information content (AvgIpc) is 2.88. The molecule has 0 atom stereocenters. The van der Waals surface area contributed by atoms with Gasteiger partial charge in [0.1, 0.15) is 6.54 Å². The second kappa shape index (κ2) is 11.3. The highest BCUT2D eigenvalue weighted by atomic mass is 32.2. The van der Waals surface area contributed by atoms with E-state index in [2.05, 4.69) is 0 Å². The molecule has 3 rings (SSSR count). The summed E-state index contributed by atoms with van der Waals surface area (Å²) in [5.41, 5.74) is 0.842. The van der Waals surface area contributed by atoms with Gasteiger partial charge in [0.2, 0.25) is 15.9 Å². The number of sulfonamides is 1. The van der Waals surface area contributed by atoms with Crippen molar-refractivity contribution in [2.75, 3.05) is 33.9 Å². The summed E-state index contributed by atoms with van der Waals surface area (Å²) in [6.07, 6.45) is 0.593. The van der Waals surface area contributed by atoms with E-state index < -0.39 is 27.9 Å². The van der Waals surface area contributed by atoms with Crippen molar-refractivity contribution in [2.24, 2.45) is 5.92 Å².